The number of hydrogen-bond acceptors (Lipinski definition) is 7. The van der Waals surface area contributed by atoms with Crippen LogP contribution in [-0.2, 0) is 15.9 Å². The third kappa shape index (κ3) is 2.72. The topological polar surface area (TPSA) is 104 Å². The Labute approximate surface area is 155 Å². The van der Waals surface area contributed by atoms with Crippen LogP contribution in [0.25, 0.3) is 5.69 Å². The van der Waals surface area contributed by atoms with Crippen LogP contribution in [0.15, 0.2) is 40.9 Å². The van der Waals surface area contributed by atoms with E-state index < -0.39 is 0 Å². The van der Waals surface area contributed by atoms with Crippen molar-refractivity contribution in [1.82, 2.24) is 9.55 Å². The molecular weight excluding hydrogens is 356 g/mol. The number of benzene rings is 1. The van der Waals surface area contributed by atoms with Gasteiger partial charge in [-0.3, -0.25) is 9.58 Å². The maximum Gasteiger partial charge on any atom is 0.237 e. The van der Waals surface area contributed by atoms with Gasteiger partial charge in [-0.2, -0.15) is 0 Å². The molecule has 26 heavy (non-hydrogen) atoms. The number of imidazole rings is 1. The van der Waals surface area contributed by atoms with Crippen molar-refractivity contribution in [3.63, 3.8) is 0 Å². The van der Waals surface area contributed by atoms with Crippen molar-refractivity contribution in [2.45, 2.75) is 6.42 Å². The molecule has 8 nitrogen and oxygen atoms in total. The third-order valence-corrected chi connectivity index (χ3v) is 4.64. The van der Waals surface area contributed by atoms with Crippen LogP contribution in [0.3, 0.4) is 0 Å². The molecule has 0 saturated carbocycles. The number of ether oxygens (including phenoxy) is 2. The molecule has 1 aromatic heterocycles. The van der Waals surface area contributed by atoms with Crippen molar-refractivity contribution in [2.75, 3.05) is 31.9 Å². The van der Waals surface area contributed by atoms with Gasteiger partial charge in [-0.15, -0.1) is 0 Å². The van der Waals surface area contributed by atoms with Crippen molar-refractivity contribution in [2.24, 2.45) is 16.6 Å². The first-order chi connectivity index (χ1) is 12.6. The molecule has 0 aliphatic carbocycles. The number of halogens is 1. The molecule has 136 valence electrons. The number of hydrogen-bond donors (Lipinski definition) is 2. The van der Waals surface area contributed by atoms with Crippen molar-refractivity contribution >= 4 is 23.2 Å². The monoisotopic (exact) mass is 374 g/mol. The SMILES string of the molecule is COC/C(N)=C1\Cc2c(C3=NCCO3)ncn2-c2ccc(Cl)cc2N1N. The minimum Gasteiger partial charge on any atom is -0.474 e. The van der Waals surface area contributed by atoms with E-state index in [-0.39, 0.29) is 6.61 Å². The first-order valence-electron chi connectivity index (χ1n) is 8.15. The molecule has 0 unspecified atom stereocenters. The fourth-order valence-electron chi connectivity index (χ4n) is 3.20. The van der Waals surface area contributed by atoms with Crippen LogP contribution in [0.5, 0.6) is 0 Å². The quantitative estimate of drug-likeness (QED) is 0.786. The maximum atomic E-state index is 6.42. The summed E-state index contributed by atoms with van der Waals surface area (Å²) in [5.41, 5.74) is 10.7. The lowest BCUT2D eigenvalue weighted by atomic mass is 10.1. The standard InChI is InChI=1S/C17H19ClN6O2/c1-25-8-11(19)13-7-15-16(17-21-4-5-26-17)22-9-23(15)12-3-2-10(18)6-14(12)24(13)20/h2-3,6,9H,4-5,7-8,19-20H2,1H3/b13-11-. The zero-order chi connectivity index (χ0) is 18.3. The third-order valence-electron chi connectivity index (χ3n) is 4.41. The van der Waals surface area contributed by atoms with Gasteiger partial charge in [-0.05, 0) is 18.2 Å². The molecule has 2 aliphatic rings. The van der Waals surface area contributed by atoms with Crippen LogP contribution < -0.4 is 16.6 Å². The zero-order valence-corrected chi connectivity index (χ0v) is 15.0. The van der Waals surface area contributed by atoms with Gasteiger partial charge in [0, 0.05) is 18.6 Å². The zero-order valence-electron chi connectivity index (χ0n) is 14.3. The van der Waals surface area contributed by atoms with Gasteiger partial charge < -0.3 is 15.2 Å². The van der Waals surface area contributed by atoms with Gasteiger partial charge in [0.1, 0.15) is 18.6 Å². The Kier molecular flexibility index (Phi) is 4.31. The maximum absolute atomic E-state index is 6.42. The largest absolute Gasteiger partial charge is 0.474 e. The Morgan fingerprint density at radius 1 is 1.38 bits per heavy atom. The lowest BCUT2D eigenvalue weighted by molar-refractivity contribution is 0.223. The average molecular weight is 375 g/mol. The minimum atomic E-state index is 0.264. The van der Waals surface area contributed by atoms with E-state index in [1.807, 2.05) is 16.7 Å². The van der Waals surface area contributed by atoms with E-state index in [1.165, 1.54) is 0 Å². The van der Waals surface area contributed by atoms with Gasteiger partial charge in [0.2, 0.25) is 5.90 Å². The molecule has 0 spiro atoms. The Balaban J connectivity index is 1.95. The summed E-state index contributed by atoms with van der Waals surface area (Å²) in [6.45, 7) is 1.45. The van der Waals surface area contributed by atoms with E-state index >= 15 is 0 Å². The number of fused-ring (bicyclic) bond motifs is 3. The van der Waals surface area contributed by atoms with Crippen LogP contribution in [0.2, 0.25) is 5.02 Å². The molecule has 0 radical (unpaired) electrons. The number of allylic oxidation sites excluding steroid dienone is 1. The fraction of sp³-hybridized carbons (Fsp3) is 0.294. The number of rotatable bonds is 3. The van der Waals surface area contributed by atoms with Crippen LogP contribution in [0.4, 0.5) is 5.69 Å². The highest BCUT2D eigenvalue weighted by Gasteiger charge is 2.29. The number of hydrazine groups is 1. The first kappa shape index (κ1) is 16.9. The van der Waals surface area contributed by atoms with Crippen LogP contribution in [0.1, 0.15) is 11.4 Å². The number of aromatic nitrogens is 2. The second-order valence-corrected chi connectivity index (χ2v) is 6.47. The lowest BCUT2D eigenvalue weighted by Crippen LogP contribution is -2.34. The number of nitrogens with two attached hydrogens (primary N) is 2. The van der Waals surface area contributed by atoms with Crippen LogP contribution in [0, 0.1) is 0 Å². The first-order valence-corrected chi connectivity index (χ1v) is 8.53. The fourth-order valence-corrected chi connectivity index (χ4v) is 3.36. The van der Waals surface area contributed by atoms with Crippen molar-refractivity contribution in [1.29, 1.82) is 0 Å². The smallest absolute Gasteiger partial charge is 0.237 e. The summed E-state index contributed by atoms with van der Waals surface area (Å²) in [6.07, 6.45) is 2.20. The second kappa shape index (κ2) is 6.64. The highest BCUT2D eigenvalue weighted by Crippen LogP contribution is 2.35. The predicted octanol–water partition coefficient (Wildman–Crippen LogP) is 1.36. The molecule has 0 fully saturated rings. The normalized spacial score (nSPS) is 18.0. The van der Waals surface area contributed by atoms with Gasteiger partial charge in [0.25, 0.3) is 0 Å². The van der Waals surface area contributed by atoms with Gasteiger partial charge in [0.15, 0.2) is 0 Å². The molecule has 0 bridgehead atoms. The molecule has 0 atom stereocenters. The predicted molar refractivity (Wildman–Crippen MR) is 99.4 cm³/mol. The Hall–Kier alpha value is -2.55. The van der Waals surface area contributed by atoms with Crippen LogP contribution in [-0.4, -0.2) is 42.3 Å². The molecule has 3 heterocycles. The summed E-state index contributed by atoms with van der Waals surface area (Å²) in [7, 11) is 1.59. The summed E-state index contributed by atoms with van der Waals surface area (Å²) in [5, 5.41) is 2.14. The number of aliphatic imine (C=N–C) groups is 1. The highest BCUT2D eigenvalue weighted by molar-refractivity contribution is 6.31. The highest BCUT2D eigenvalue weighted by atomic mass is 35.5. The van der Waals surface area contributed by atoms with Gasteiger partial charge in [0.05, 0.1) is 41.6 Å². The van der Waals surface area contributed by atoms with Crippen molar-refractivity contribution < 1.29 is 9.47 Å². The van der Waals surface area contributed by atoms with E-state index in [9.17, 15) is 0 Å². The van der Waals surface area contributed by atoms with Crippen LogP contribution >= 0.6 is 11.6 Å². The van der Waals surface area contributed by atoms with E-state index in [0.29, 0.717) is 41.9 Å². The Morgan fingerprint density at radius 3 is 2.96 bits per heavy atom. The molecule has 4 N–H and O–H groups in total. The average Bonchev–Trinajstić information content (AvgIpc) is 3.26. The van der Waals surface area contributed by atoms with Gasteiger partial charge in [-0.1, -0.05) is 11.6 Å². The number of methoxy groups -OCH3 is 1. The molecule has 0 amide bonds. The van der Waals surface area contributed by atoms with E-state index in [4.69, 9.17) is 32.7 Å². The summed E-state index contributed by atoms with van der Waals surface area (Å²) in [6, 6.07) is 5.52. The van der Waals surface area contributed by atoms with E-state index in [2.05, 4.69) is 9.98 Å². The molecular formula is C17H19ClN6O2. The van der Waals surface area contributed by atoms with E-state index in [0.717, 1.165) is 22.8 Å². The number of anilines is 1. The summed E-state index contributed by atoms with van der Waals surface area (Å²) in [4.78, 5) is 8.92. The molecule has 1 aromatic carbocycles. The molecule has 2 aliphatic heterocycles. The van der Waals surface area contributed by atoms with Crippen molar-refractivity contribution in [3.05, 3.63) is 52.3 Å². The summed E-state index contributed by atoms with van der Waals surface area (Å²) < 4.78 is 12.8. The number of nitrogens with zero attached hydrogens (tertiary/aromatic N) is 4. The molecule has 2 aromatic rings. The second-order valence-electron chi connectivity index (χ2n) is 6.03. The summed E-state index contributed by atoms with van der Waals surface area (Å²) >= 11 is 6.20. The molecule has 0 saturated heterocycles. The summed E-state index contributed by atoms with van der Waals surface area (Å²) in [5.74, 6) is 6.96. The van der Waals surface area contributed by atoms with E-state index in [1.54, 1.807) is 24.5 Å². The Morgan fingerprint density at radius 2 is 2.23 bits per heavy atom. The minimum absolute atomic E-state index is 0.264. The van der Waals surface area contributed by atoms with Crippen molar-refractivity contribution in [3.8, 4) is 5.69 Å². The van der Waals surface area contributed by atoms with Gasteiger partial charge in [-0.25, -0.2) is 15.8 Å². The lowest BCUT2D eigenvalue weighted by Gasteiger charge is -2.23. The molecule has 9 heteroatoms. The Bertz CT molecular complexity index is 920. The molecule has 4 rings (SSSR count). The van der Waals surface area contributed by atoms with Gasteiger partial charge >= 0.3 is 0 Å².